The van der Waals surface area contributed by atoms with Crippen molar-refractivity contribution in [3.05, 3.63) is 48.6 Å². The first kappa shape index (κ1) is 12.0. The van der Waals surface area contributed by atoms with Gasteiger partial charge in [-0.05, 0) is 17.9 Å². The van der Waals surface area contributed by atoms with E-state index in [1.165, 1.54) is 5.56 Å². The molecule has 1 aromatic rings. The van der Waals surface area contributed by atoms with Gasteiger partial charge in [-0.3, -0.25) is 0 Å². The van der Waals surface area contributed by atoms with Crippen molar-refractivity contribution in [3.63, 3.8) is 0 Å². The van der Waals surface area contributed by atoms with Crippen LogP contribution in [0.4, 0.5) is 0 Å². The molecule has 82 valence electrons. The summed E-state index contributed by atoms with van der Waals surface area (Å²) >= 11 is 0. The molecule has 0 unspecified atom stereocenters. The second-order valence-electron chi connectivity index (χ2n) is 4.18. The van der Waals surface area contributed by atoms with Crippen LogP contribution in [0.1, 0.15) is 32.3 Å². The lowest BCUT2D eigenvalue weighted by atomic mass is 9.77. The molecule has 1 aromatic carbocycles. The van der Waals surface area contributed by atoms with Gasteiger partial charge in [0.05, 0.1) is 0 Å². The number of hydrogen-bond donors (Lipinski definition) is 1. The first-order chi connectivity index (χ1) is 7.15. The van der Waals surface area contributed by atoms with Gasteiger partial charge in [-0.25, -0.2) is 0 Å². The molecule has 0 radical (unpaired) electrons. The summed E-state index contributed by atoms with van der Waals surface area (Å²) < 4.78 is 0. The minimum atomic E-state index is -0.266. The predicted octanol–water partition coefficient (Wildman–Crippen LogP) is 3.46. The molecule has 15 heavy (non-hydrogen) atoms. The Morgan fingerprint density at radius 1 is 1.40 bits per heavy atom. The average Bonchev–Trinajstić information content (AvgIpc) is 2.29. The van der Waals surface area contributed by atoms with E-state index in [9.17, 15) is 0 Å². The van der Waals surface area contributed by atoms with Crippen molar-refractivity contribution in [2.45, 2.75) is 32.2 Å². The summed E-state index contributed by atoms with van der Waals surface area (Å²) in [6.45, 7) is 8.16. The highest BCUT2D eigenvalue weighted by atomic mass is 14.8. The van der Waals surface area contributed by atoms with E-state index in [0.717, 1.165) is 12.8 Å². The Balaban J connectivity index is 3.06. The van der Waals surface area contributed by atoms with Gasteiger partial charge in [-0.15, -0.1) is 6.58 Å². The Morgan fingerprint density at radius 3 is 2.47 bits per heavy atom. The van der Waals surface area contributed by atoms with Crippen LogP contribution in [0, 0.1) is 5.92 Å². The normalized spacial score (nSPS) is 16.7. The fourth-order valence-corrected chi connectivity index (χ4v) is 2.01. The largest absolute Gasteiger partial charge is 0.321 e. The van der Waals surface area contributed by atoms with Gasteiger partial charge in [0.15, 0.2) is 0 Å². The van der Waals surface area contributed by atoms with E-state index in [1.807, 2.05) is 24.3 Å². The summed E-state index contributed by atoms with van der Waals surface area (Å²) in [7, 11) is 0. The van der Waals surface area contributed by atoms with Crippen LogP contribution in [0.2, 0.25) is 0 Å². The molecule has 1 rings (SSSR count). The SMILES string of the molecule is C=C[C@H](C)[C@@](N)(CCC)c1ccccc1. The fourth-order valence-electron chi connectivity index (χ4n) is 2.01. The molecule has 1 nitrogen and oxygen atoms in total. The van der Waals surface area contributed by atoms with Crippen LogP contribution in [-0.4, -0.2) is 0 Å². The molecule has 0 amide bonds. The third-order valence-electron chi connectivity index (χ3n) is 3.14. The maximum Gasteiger partial charge on any atom is 0.0470 e. The molecule has 0 saturated heterocycles. The van der Waals surface area contributed by atoms with E-state index in [0.29, 0.717) is 5.92 Å². The smallest absolute Gasteiger partial charge is 0.0470 e. The first-order valence-electron chi connectivity index (χ1n) is 5.62. The van der Waals surface area contributed by atoms with Crippen molar-refractivity contribution in [2.24, 2.45) is 11.7 Å². The van der Waals surface area contributed by atoms with Gasteiger partial charge in [0.25, 0.3) is 0 Å². The van der Waals surface area contributed by atoms with Crippen molar-refractivity contribution >= 4 is 0 Å². The molecule has 0 aliphatic rings. The Labute approximate surface area is 93.0 Å². The second kappa shape index (κ2) is 5.13. The lowest BCUT2D eigenvalue weighted by Gasteiger charge is -2.34. The maximum absolute atomic E-state index is 6.51. The highest BCUT2D eigenvalue weighted by Crippen LogP contribution is 2.32. The van der Waals surface area contributed by atoms with Gasteiger partial charge < -0.3 is 5.73 Å². The topological polar surface area (TPSA) is 26.0 Å². The van der Waals surface area contributed by atoms with Crippen LogP contribution in [0.15, 0.2) is 43.0 Å². The first-order valence-corrected chi connectivity index (χ1v) is 5.62. The number of rotatable bonds is 5. The average molecular weight is 203 g/mol. The quantitative estimate of drug-likeness (QED) is 0.729. The second-order valence-corrected chi connectivity index (χ2v) is 4.18. The lowest BCUT2D eigenvalue weighted by Crippen LogP contribution is -2.42. The Morgan fingerprint density at radius 2 is 2.00 bits per heavy atom. The zero-order valence-electron chi connectivity index (χ0n) is 9.74. The number of benzene rings is 1. The van der Waals surface area contributed by atoms with Gasteiger partial charge in [-0.2, -0.15) is 0 Å². The van der Waals surface area contributed by atoms with Gasteiger partial charge in [-0.1, -0.05) is 56.7 Å². The molecule has 2 N–H and O–H groups in total. The highest BCUT2D eigenvalue weighted by molar-refractivity contribution is 5.26. The van der Waals surface area contributed by atoms with Crippen molar-refractivity contribution in [1.29, 1.82) is 0 Å². The minimum absolute atomic E-state index is 0.266. The highest BCUT2D eigenvalue weighted by Gasteiger charge is 2.30. The van der Waals surface area contributed by atoms with Crippen LogP contribution in [0.3, 0.4) is 0 Å². The monoisotopic (exact) mass is 203 g/mol. The molecule has 0 fully saturated rings. The molecule has 0 spiro atoms. The van der Waals surface area contributed by atoms with Crippen molar-refractivity contribution in [3.8, 4) is 0 Å². The summed E-state index contributed by atoms with van der Waals surface area (Å²) in [5.41, 5.74) is 7.45. The summed E-state index contributed by atoms with van der Waals surface area (Å²) in [5, 5.41) is 0. The molecule has 0 heterocycles. The predicted molar refractivity (Wildman–Crippen MR) is 66.6 cm³/mol. The van der Waals surface area contributed by atoms with Crippen molar-refractivity contribution in [1.82, 2.24) is 0 Å². The molecule has 0 aliphatic heterocycles. The number of hydrogen-bond acceptors (Lipinski definition) is 1. The molecule has 0 bridgehead atoms. The van der Waals surface area contributed by atoms with E-state index < -0.39 is 0 Å². The summed E-state index contributed by atoms with van der Waals surface area (Å²) in [4.78, 5) is 0. The molecular weight excluding hydrogens is 182 g/mol. The number of nitrogens with two attached hydrogens (primary N) is 1. The Bertz CT molecular complexity index is 304. The van der Waals surface area contributed by atoms with E-state index in [2.05, 4.69) is 32.6 Å². The summed E-state index contributed by atoms with van der Waals surface area (Å²) in [5.74, 6) is 0.292. The Hall–Kier alpha value is -1.08. The molecular formula is C14H21N. The fraction of sp³-hybridized carbons (Fsp3) is 0.429. The van der Waals surface area contributed by atoms with Crippen LogP contribution in [0.25, 0.3) is 0 Å². The third-order valence-corrected chi connectivity index (χ3v) is 3.14. The van der Waals surface area contributed by atoms with Gasteiger partial charge >= 0.3 is 0 Å². The van der Waals surface area contributed by atoms with E-state index in [-0.39, 0.29) is 5.54 Å². The Kier molecular flexibility index (Phi) is 4.10. The van der Waals surface area contributed by atoms with Crippen LogP contribution in [-0.2, 0) is 5.54 Å². The van der Waals surface area contributed by atoms with Gasteiger partial charge in [0.2, 0.25) is 0 Å². The molecule has 0 aromatic heterocycles. The van der Waals surface area contributed by atoms with Gasteiger partial charge in [0, 0.05) is 5.54 Å². The van der Waals surface area contributed by atoms with Crippen LogP contribution >= 0.6 is 0 Å². The maximum atomic E-state index is 6.51. The van der Waals surface area contributed by atoms with E-state index in [4.69, 9.17) is 5.73 Å². The van der Waals surface area contributed by atoms with Gasteiger partial charge in [0.1, 0.15) is 0 Å². The summed E-state index contributed by atoms with van der Waals surface area (Å²) in [6, 6.07) is 10.3. The molecule has 0 saturated carbocycles. The molecule has 1 heteroatoms. The summed E-state index contributed by atoms with van der Waals surface area (Å²) in [6.07, 6.45) is 4.02. The van der Waals surface area contributed by atoms with Crippen LogP contribution < -0.4 is 5.73 Å². The standard InChI is InChI=1S/C14H21N/c1-4-11-14(15,12(3)5-2)13-9-7-6-8-10-13/h5-10,12H,2,4,11,15H2,1,3H3/t12-,14-/m0/s1. The third kappa shape index (κ3) is 2.48. The minimum Gasteiger partial charge on any atom is -0.321 e. The van der Waals surface area contributed by atoms with Crippen LogP contribution in [0.5, 0.6) is 0 Å². The molecule has 0 aliphatic carbocycles. The van der Waals surface area contributed by atoms with Crippen molar-refractivity contribution < 1.29 is 0 Å². The zero-order chi connectivity index (χ0) is 11.3. The molecule has 2 atom stereocenters. The van der Waals surface area contributed by atoms with E-state index in [1.54, 1.807) is 0 Å². The van der Waals surface area contributed by atoms with E-state index >= 15 is 0 Å². The zero-order valence-corrected chi connectivity index (χ0v) is 9.74. The van der Waals surface area contributed by atoms with Crippen molar-refractivity contribution in [2.75, 3.05) is 0 Å². The lowest BCUT2D eigenvalue weighted by molar-refractivity contribution is 0.319.